The van der Waals surface area contributed by atoms with Crippen molar-refractivity contribution in [3.05, 3.63) is 64.8 Å². The van der Waals surface area contributed by atoms with Crippen LogP contribution >= 0.6 is 11.6 Å². The number of benzene rings is 2. The number of nitrogens with zero attached hydrogens (tertiary/aromatic N) is 3. The second-order valence-electron chi connectivity index (χ2n) is 8.70. The Bertz CT molecular complexity index is 1040. The first-order valence-electron chi connectivity index (χ1n) is 11.2. The molecule has 2 N–H and O–H groups in total. The number of ether oxygens (including phenoxy) is 1. The summed E-state index contributed by atoms with van der Waals surface area (Å²) in [4.78, 5) is 4.36. The Labute approximate surface area is 194 Å². The van der Waals surface area contributed by atoms with E-state index in [1.54, 1.807) is 12.1 Å². The summed E-state index contributed by atoms with van der Waals surface area (Å²) in [6.07, 6.45) is -2.03. The van der Waals surface area contributed by atoms with Crippen LogP contribution in [0.2, 0.25) is 5.02 Å². The molecule has 3 aromatic rings. The van der Waals surface area contributed by atoms with Crippen LogP contribution in [0.1, 0.15) is 31.2 Å². The maximum Gasteiger partial charge on any atom is 0.138 e. The summed E-state index contributed by atoms with van der Waals surface area (Å²) in [7, 11) is 1.97. The lowest BCUT2D eigenvalue weighted by molar-refractivity contribution is -0.101. The summed E-state index contributed by atoms with van der Waals surface area (Å²) in [5, 5.41) is 24.1. The van der Waals surface area contributed by atoms with E-state index in [9.17, 15) is 10.2 Å². The van der Waals surface area contributed by atoms with Gasteiger partial charge in [0.1, 0.15) is 24.7 Å². The predicted molar refractivity (Wildman–Crippen MR) is 128 cm³/mol. The maximum atomic E-state index is 11.4. The normalized spacial score (nSPS) is 17.7. The Kier molecular flexibility index (Phi) is 7.08. The van der Waals surface area contributed by atoms with Gasteiger partial charge in [-0.3, -0.25) is 9.80 Å². The standard InChI is InChI=1S/C25H32ClN3O3/c1-17(2)28-12-14-29(15-13-28)25(31)24(30)23-20-6-4-5-7-21(20)27(3)22(23)16-32-19-10-8-18(26)9-11-19/h4-11,17,24-25,30-31H,12-16H2,1-3H3. The minimum Gasteiger partial charge on any atom is -0.487 e. The smallest absolute Gasteiger partial charge is 0.138 e. The summed E-state index contributed by atoms with van der Waals surface area (Å²) in [5.41, 5.74) is 2.55. The number of hydrogen-bond acceptors (Lipinski definition) is 5. The average Bonchev–Trinajstić information content (AvgIpc) is 3.09. The molecule has 0 radical (unpaired) electrons. The van der Waals surface area contributed by atoms with Gasteiger partial charge in [-0.1, -0.05) is 29.8 Å². The van der Waals surface area contributed by atoms with E-state index < -0.39 is 12.3 Å². The highest BCUT2D eigenvalue weighted by Gasteiger charge is 2.32. The highest BCUT2D eigenvalue weighted by molar-refractivity contribution is 6.30. The van der Waals surface area contributed by atoms with Crippen LogP contribution < -0.4 is 4.74 Å². The van der Waals surface area contributed by atoms with Gasteiger partial charge in [0, 0.05) is 60.8 Å². The number of para-hydroxylation sites is 1. The number of aromatic nitrogens is 1. The number of aryl methyl sites for hydroxylation is 1. The van der Waals surface area contributed by atoms with Gasteiger partial charge < -0.3 is 19.5 Å². The molecular weight excluding hydrogens is 426 g/mol. The summed E-state index contributed by atoms with van der Waals surface area (Å²) >= 11 is 5.98. The third kappa shape index (κ3) is 4.65. The molecule has 1 saturated heterocycles. The number of aliphatic hydroxyl groups is 2. The first-order chi connectivity index (χ1) is 15.4. The van der Waals surface area contributed by atoms with E-state index in [0.717, 1.165) is 48.3 Å². The van der Waals surface area contributed by atoms with Crippen molar-refractivity contribution in [2.24, 2.45) is 7.05 Å². The molecule has 0 bridgehead atoms. The summed E-state index contributed by atoms with van der Waals surface area (Å²) < 4.78 is 8.06. The maximum absolute atomic E-state index is 11.4. The Morgan fingerprint density at radius 2 is 1.56 bits per heavy atom. The molecule has 0 spiro atoms. The Balaban J connectivity index is 1.60. The Morgan fingerprint density at radius 1 is 0.938 bits per heavy atom. The van der Waals surface area contributed by atoms with Crippen molar-refractivity contribution in [1.82, 2.24) is 14.4 Å². The van der Waals surface area contributed by atoms with E-state index in [2.05, 4.69) is 18.7 Å². The molecule has 6 nitrogen and oxygen atoms in total. The molecule has 0 saturated carbocycles. The van der Waals surface area contributed by atoms with Crippen molar-refractivity contribution < 1.29 is 14.9 Å². The van der Waals surface area contributed by atoms with Gasteiger partial charge in [-0.05, 0) is 44.2 Å². The Hall–Kier alpha value is -2.09. The molecule has 172 valence electrons. The minimum atomic E-state index is -1.05. The number of aliphatic hydroxyl groups excluding tert-OH is 2. The fraction of sp³-hybridized carbons (Fsp3) is 0.440. The van der Waals surface area contributed by atoms with Crippen LogP contribution in [-0.2, 0) is 13.7 Å². The van der Waals surface area contributed by atoms with Crippen LogP contribution in [0.5, 0.6) is 5.75 Å². The minimum absolute atomic E-state index is 0.271. The van der Waals surface area contributed by atoms with Crippen molar-refractivity contribution in [2.75, 3.05) is 26.2 Å². The number of fused-ring (bicyclic) bond motifs is 1. The molecule has 2 atom stereocenters. The highest BCUT2D eigenvalue weighted by Crippen LogP contribution is 2.34. The first-order valence-corrected chi connectivity index (χ1v) is 11.5. The monoisotopic (exact) mass is 457 g/mol. The fourth-order valence-electron chi connectivity index (χ4n) is 4.53. The molecule has 0 amide bonds. The van der Waals surface area contributed by atoms with Gasteiger partial charge in [-0.15, -0.1) is 0 Å². The number of rotatable bonds is 7. The molecule has 32 heavy (non-hydrogen) atoms. The van der Waals surface area contributed by atoms with Crippen molar-refractivity contribution in [3.8, 4) is 5.75 Å². The molecule has 1 aromatic heterocycles. The van der Waals surface area contributed by atoms with Gasteiger partial charge >= 0.3 is 0 Å². The second-order valence-corrected chi connectivity index (χ2v) is 9.14. The quantitative estimate of drug-likeness (QED) is 0.565. The van der Waals surface area contributed by atoms with E-state index in [4.69, 9.17) is 16.3 Å². The summed E-state index contributed by atoms with van der Waals surface area (Å²) in [6.45, 7) is 7.84. The van der Waals surface area contributed by atoms with E-state index in [1.165, 1.54) is 0 Å². The van der Waals surface area contributed by atoms with Gasteiger partial charge in [0.05, 0.1) is 5.69 Å². The fourth-order valence-corrected chi connectivity index (χ4v) is 4.66. The highest BCUT2D eigenvalue weighted by atomic mass is 35.5. The first kappa shape index (κ1) is 23.1. The lowest BCUT2D eigenvalue weighted by Crippen LogP contribution is -2.53. The van der Waals surface area contributed by atoms with E-state index >= 15 is 0 Å². The second kappa shape index (κ2) is 9.81. The zero-order chi connectivity index (χ0) is 22.8. The van der Waals surface area contributed by atoms with Crippen LogP contribution in [-0.4, -0.2) is 63.0 Å². The van der Waals surface area contributed by atoms with E-state index in [1.807, 2.05) is 52.9 Å². The summed E-state index contributed by atoms with van der Waals surface area (Å²) in [6, 6.07) is 15.6. The van der Waals surface area contributed by atoms with Crippen molar-refractivity contribution in [3.63, 3.8) is 0 Å². The molecule has 4 rings (SSSR count). The molecule has 2 aromatic carbocycles. The SMILES string of the molecule is CC(C)N1CCN(C(O)C(O)c2c(COc3ccc(Cl)cc3)n(C)c3ccccc23)CC1. The Morgan fingerprint density at radius 3 is 2.22 bits per heavy atom. The molecule has 1 aliphatic rings. The van der Waals surface area contributed by atoms with E-state index in [0.29, 0.717) is 16.8 Å². The zero-order valence-electron chi connectivity index (χ0n) is 18.9. The van der Waals surface area contributed by atoms with Crippen LogP contribution in [0.4, 0.5) is 0 Å². The molecular formula is C25H32ClN3O3. The van der Waals surface area contributed by atoms with Crippen LogP contribution in [0.25, 0.3) is 10.9 Å². The molecule has 1 fully saturated rings. The topological polar surface area (TPSA) is 61.1 Å². The van der Waals surface area contributed by atoms with Crippen LogP contribution in [0, 0.1) is 0 Å². The van der Waals surface area contributed by atoms with Crippen molar-refractivity contribution in [1.29, 1.82) is 0 Å². The van der Waals surface area contributed by atoms with Gasteiger partial charge in [-0.2, -0.15) is 0 Å². The van der Waals surface area contributed by atoms with Gasteiger partial charge in [0.15, 0.2) is 0 Å². The third-order valence-corrected chi connectivity index (χ3v) is 6.74. The van der Waals surface area contributed by atoms with Crippen LogP contribution in [0.3, 0.4) is 0 Å². The third-order valence-electron chi connectivity index (χ3n) is 6.49. The largest absolute Gasteiger partial charge is 0.487 e. The van der Waals surface area contributed by atoms with Gasteiger partial charge in [0.25, 0.3) is 0 Å². The lowest BCUT2D eigenvalue weighted by Gasteiger charge is -2.40. The predicted octanol–water partition coefficient (Wildman–Crippen LogP) is 3.79. The summed E-state index contributed by atoms with van der Waals surface area (Å²) in [5.74, 6) is 0.699. The lowest BCUT2D eigenvalue weighted by atomic mass is 10.0. The van der Waals surface area contributed by atoms with Crippen molar-refractivity contribution >= 4 is 22.5 Å². The number of piperazine rings is 1. The van der Waals surface area contributed by atoms with Crippen LogP contribution in [0.15, 0.2) is 48.5 Å². The average molecular weight is 458 g/mol. The molecule has 1 aliphatic heterocycles. The number of halogens is 1. The van der Waals surface area contributed by atoms with E-state index in [-0.39, 0.29) is 6.61 Å². The molecule has 2 heterocycles. The van der Waals surface area contributed by atoms with Gasteiger partial charge in [0.2, 0.25) is 0 Å². The number of hydrogen-bond donors (Lipinski definition) is 2. The molecule has 7 heteroatoms. The van der Waals surface area contributed by atoms with Crippen molar-refractivity contribution in [2.45, 2.75) is 38.8 Å². The molecule has 2 unspecified atom stereocenters. The van der Waals surface area contributed by atoms with Gasteiger partial charge in [-0.25, -0.2) is 0 Å². The molecule has 0 aliphatic carbocycles. The zero-order valence-corrected chi connectivity index (χ0v) is 19.7.